The smallest absolute Gasteiger partial charge is 0.224 e. The van der Waals surface area contributed by atoms with E-state index in [-0.39, 0.29) is 5.91 Å². The quantitative estimate of drug-likeness (QED) is 0.751. The fourth-order valence-electron chi connectivity index (χ4n) is 2.10. The van der Waals surface area contributed by atoms with Gasteiger partial charge < -0.3 is 15.0 Å². The van der Waals surface area contributed by atoms with E-state index in [9.17, 15) is 4.79 Å². The fourth-order valence-corrected chi connectivity index (χ4v) is 2.36. The second-order valence-corrected chi connectivity index (χ2v) is 6.79. The molecular weight excluding hydrogens is 368 g/mol. The summed E-state index contributed by atoms with van der Waals surface area (Å²) in [5.74, 6) is 0.866. The van der Waals surface area contributed by atoms with Crippen LogP contribution in [0.25, 0.3) is 0 Å². The minimum absolute atomic E-state index is 0.0173. The van der Waals surface area contributed by atoms with Crippen molar-refractivity contribution in [2.45, 2.75) is 13.0 Å². The number of likely N-dealkylation sites (N-methyl/N-ethyl adjacent to an activating group) is 1. The molecule has 1 amide bonds. The molecule has 2 aromatic carbocycles. The molecule has 2 aromatic rings. The van der Waals surface area contributed by atoms with Crippen molar-refractivity contribution in [3.63, 3.8) is 0 Å². The zero-order valence-corrected chi connectivity index (χ0v) is 15.7. The van der Waals surface area contributed by atoms with Gasteiger partial charge >= 0.3 is 0 Å². The molecule has 2 rings (SSSR count). The van der Waals surface area contributed by atoms with Gasteiger partial charge in [-0.2, -0.15) is 0 Å². The number of ether oxygens (including phenoxy) is 1. The van der Waals surface area contributed by atoms with E-state index in [0.717, 1.165) is 27.9 Å². The zero-order valence-electron chi connectivity index (χ0n) is 14.1. The predicted octanol–water partition coefficient (Wildman–Crippen LogP) is 3.25. The monoisotopic (exact) mass is 390 g/mol. The lowest BCUT2D eigenvalue weighted by molar-refractivity contribution is -0.120. The third kappa shape index (κ3) is 6.72. The molecule has 0 aromatic heterocycles. The van der Waals surface area contributed by atoms with Gasteiger partial charge in [-0.15, -0.1) is 0 Å². The number of hydrogen-bond donors (Lipinski definition) is 1. The maximum Gasteiger partial charge on any atom is 0.224 e. The number of carbonyl (C=O) groups is 1. The number of carbonyl (C=O) groups excluding carboxylic acids is 1. The zero-order chi connectivity index (χ0) is 17.4. The Hall–Kier alpha value is -1.85. The Morgan fingerprint density at radius 1 is 1.04 bits per heavy atom. The van der Waals surface area contributed by atoms with Crippen LogP contribution in [0.4, 0.5) is 0 Å². The minimum atomic E-state index is 0.0173. The fraction of sp³-hybridized carbons (Fsp3) is 0.316. The SMILES string of the molecule is CN(C)CCOc1ccc(CNC(=O)Cc2ccc(Br)cc2)cc1. The van der Waals surface area contributed by atoms with Crippen LogP contribution in [0.1, 0.15) is 11.1 Å². The van der Waals surface area contributed by atoms with Crippen LogP contribution in [-0.4, -0.2) is 38.1 Å². The normalized spacial score (nSPS) is 10.7. The molecule has 0 aliphatic rings. The average Bonchev–Trinajstić information content (AvgIpc) is 2.56. The predicted molar refractivity (Wildman–Crippen MR) is 100 cm³/mol. The van der Waals surface area contributed by atoms with Gasteiger partial charge in [0.25, 0.3) is 0 Å². The van der Waals surface area contributed by atoms with E-state index in [4.69, 9.17) is 4.74 Å². The van der Waals surface area contributed by atoms with Gasteiger partial charge in [0.2, 0.25) is 5.91 Å². The third-order valence-electron chi connectivity index (χ3n) is 3.50. The Labute approximate surface area is 151 Å². The Kier molecular flexibility index (Phi) is 7.28. The first-order valence-corrected chi connectivity index (χ1v) is 8.70. The van der Waals surface area contributed by atoms with Crippen molar-refractivity contribution in [3.05, 3.63) is 64.1 Å². The molecule has 0 unspecified atom stereocenters. The van der Waals surface area contributed by atoms with Crippen LogP contribution < -0.4 is 10.1 Å². The molecule has 0 atom stereocenters. The van der Waals surface area contributed by atoms with E-state index >= 15 is 0 Å². The molecule has 0 bridgehead atoms. The number of amides is 1. The van der Waals surface area contributed by atoms with Crippen LogP contribution in [0.5, 0.6) is 5.75 Å². The number of halogens is 1. The van der Waals surface area contributed by atoms with Crippen molar-refractivity contribution < 1.29 is 9.53 Å². The first-order chi connectivity index (χ1) is 11.5. The first kappa shape index (κ1) is 18.5. The average molecular weight is 391 g/mol. The summed E-state index contributed by atoms with van der Waals surface area (Å²) < 4.78 is 6.67. The van der Waals surface area contributed by atoms with E-state index in [1.54, 1.807) is 0 Å². The summed E-state index contributed by atoms with van der Waals surface area (Å²) in [6, 6.07) is 15.6. The van der Waals surface area contributed by atoms with Crippen molar-refractivity contribution in [1.82, 2.24) is 10.2 Å². The molecule has 0 saturated heterocycles. The molecule has 4 nitrogen and oxygen atoms in total. The Morgan fingerprint density at radius 3 is 2.29 bits per heavy atom. The highest BCUT2D eigenvalue weighted by molar-refractivity contribution is 9.10. The van der Waals surface area contributed by atoms with Gasteiger partial charge in [0.1, 0.15) is 12.4 Å². The van der Waals surface area contributed by atoms with Crippen molar-refractivity contribution in [2.24, 2.45) is 0 Å². The molecule has 0 heterocycles. The van der Waals surface area contributed by atoms with Crippen LogP contribution in [0.15, 0.2) is 53.0 Å². The standard InChI is InChI=1S/C19H23BrN2O2/c1-22(2)11-12-24-18-9-5-16(6-10-18)14-21-19(23)13-15-3-7-17(20)8-4-15/h3-10H,11-14H2,1-2H3,(H,21,23). The summed E-state index contributed by atoms with van der Waals surface area (Å²) in [4.78, 5) is 14.1. The molecular formula is C19H23BrN2O2. The molecule has 128 valence electrons. The molecule has 0 saturated carbocycles. The van der Waals surface area contributed by atoms with E-state index in [0.29, 0.717) is 19.6 Å². The van der Waals surface area contributed by atoms with Crippen LogP contribution >= 0.6 is 15.9 Å². The second-order valence-electron chi connectivity index (χ2n) is 5.88. The molecule has 24 heavy (non-hydrogen) atoms. The first-order valence-electron chi connectivity index (χ1n) is 7.90. The van der Waals surface area contributed by atoms with Gasteiger partial charge in [-0.1, -0.05) is 40.2 Å². The van der Waals surface area contributed by atoms with E-state index in [1.807, 2.05) is 62.6 Å². The van der Waals surface area contributed by atoms with Crippen molar-refractivity contribution in [1.29, 1.82) is 0 Å². The summed E-state index contributed by atoms with van der Waals surface area (Å²) in [5.41, 5.74) is 2.06. The summed E-state index contributed by atoms with van der Waals surface area (Å²) in [5, 5.41) is 2.94. The molecule has 0 fully saturated rings. The minimum Gasteiger partial charge on any atom is -0.492 e. The number of hydrogen-bond acceptors (Lipinski definition) is 3. The highest BCUT2D eigenvalue weighted by Gasteiger charge is 2.04. The molecule has 1 N–H and O–H groups in total. The lowest BCUT2D eigenvalue weighted by Gasteiger charge is -2.11. The third-order valence-corrected chi connectivity index (χ3v) is 4.03. The highest BCUT2D eigenvalue weighted by Crippen LogP contribution is 2.13. The van der Waals surface area contributed by atoms with Crippen molar-refractivity contribution >= 4 is 21.8 Å². The van der Waals surface area contributed by atoms with Gasteiger partial charge in [0.15, 0.2) is 0 Å². The van der Waals surface area contributed by atoms with Crippen LogP contribution in [0, 0.1) is 0 Å². The van der Waals surface area contributed by atoms with E-state index in [1.165, 1.54) is 0 Å². The number of rotatable bonds is 8. The summed E-state index contributed by atoms with van der Waals surface area (Å²) in [7, 11) is 4.03. The van der Waals surface area contributed by atoms with Gasteiger partial charge in [-0.25, -0.2) is 0 Å². The lowest BCUT2D eigenvalue weighted by atomic mass is 10.1. The number of benzene rings is 2. The Bertz CT molecular complexity index is 639. The molecule has 0 spiro atoms. The number of nitrogens with one attached hydrogen (secondary N) is 1. The topological polar surface area (TPSA) is 41.6 Å². The van der Waals surface area contributed by atoms with Gasteiger partial charge in [-0.05, 0) is 49.5 Å². The van der Waals surface area contributed by atoms with Gasteiger partial charge in [-0.3, -0.25) is 4.79 Å². The van der Waals surface area contributed by atoms with E-state index < -0.39 is 0 Å². The largest absolute Gasteiger partial charge is 0.492 e. The number of nitrogens with zero attached hydrogens (tertiary/aromatic N) is 1. The lowest BCUT2D eigenvalue weighted by Crippen LogP contribution is -2.24. The van der Waals surface area contributed by atoms with Crippen LogP contribution in [0.2, 0.25) is 0 Å². The second kappa shape index (κ2) is 9.45. The summed E-state index contributed by atoms with van der Waals surface area (Å²) in [6.45, 7) is 2.07. The van der Waals surface area contributed by atoms with Crippen molar-refractivity contribution in [3.8, 4) is 5.75 Å². The summed E-state index contributed by atoms with van der Waals surface area (Å²) >= 11 is 3.39. The molecule has 5 heteroatoms. The van der Waals surface area contributed by atoms with E-state index in [2.05, 4.69) is 26.1 Å². The Morgan fingerprint density at radius 2 is 1.67 bits per heavy atom. The summed E-state index contributed by atoms with van der Waals surface area (Å²) in [6.07, 6.45) is 0.388. The highest BCUT2D eigenvalue weighted by atomic mass is 79.9. The Balaban J connectivity index is 1.75. The van der Waals surface area contributed by atoms with Crippen LogP contribution in [-0.2, 0) is 17.8 Å². The molecule has 0 aliphatic heterocycles. The molecule has 0 aliphatic carbocycles. The maximum absolute atomic E-state index is 12.0. The van der Waals surface area contributed by atoms with Crippen LogP contribution in [0.3, 0.4) is 0 Å². The van der Waals surface area contributed by atoms with Gasteiger partial charge in [0, 0.05) is 17.6 Å². The van der Waals surface area contributed by atoms with Crippen molar-refractivity contribution in [2.75, 3.05) is 27.2 Å². The van der Waals surface area contributed by atoms with Gasteiger partial charge in [0.05, 0.1) is 6.42 Å². The maximum atomic E-state index is 12.0. The molecule has 0 radical (unpaired) electrons.